The molecule has 0 radical (unpaired) electrons. The SMILES string of the molecule is CC1(C)c2ccccc2-c2cc(-c3ccc(-c4c5ccccc5c(-c5ccccc5-c5ccccc5)c5ccccc45)cc3)ccc21. The van der Waals surface area contributed by atoms with Gasteiger partial charge in [0.25, 0.3) is 0 Å². The van der Waals surface area contributed by atoms with Crippen molar-refractivity contribution in [3.8, 4) is 55.6 Å². The summed E-state index contributed by atoms with van der Waals surface area (Å²) in [5, 5.41) is 5.09. The summed E-state index contributed by atoms with van der Waals surface area (Å²) < 4.78 is 0. The highest BCUT2D eigenvalue weighted by molar-refractivity contribution is 6.22. The average Bonchev–Trinajstić information content (AvgIpc) is 3.36. The summed E-state index contributed by atoms with van der Waals surface area (Å²) in [6, 6.07) is 62.6. The number of hydrogen-bond acceptors (Lipinski definition) is 0. The molecule has 0 spiro atoms. The van der Waals surface area contributed by atoms with E-state index in [1.54, 1.807) is 0 Å². The Morgan fingerprint density at radius 3 is 1.43 bits per heavy atom. The zero-order valence-electron chi connectivity index (χ0n) is 26.7. The van der Waals surface area contributed by atoms with Crippen molar-refractivity contribution in [1.82, 2.24) is 0 Å². The molecule has 0 N–H and O–H groups in total. The molecule has 0 heterocycles. The van der Waals surface area contributed by atoms with Crippen LogP contribution in [0.25, 0.3) is 77.2 Å². The van der Waals surface area contributed by atoms with Gasteiger partial charge in [-0.05, 0) is 94.4 Å². The first kappa shape index (κ1) is 27.6. The van der Waals surface area contributed by atoms with Crippen LogP contribution in [0, 0.1) is 0 Å². The van der Waals surface area contributed by atoms with Crippen LogP contribution in [0.1, 0.15) is 25.0 Å². The molecule has 0 fully saturated rings. The molecule has 8 aromatic rings. The van der Waals surface area contributed by atoms with Gasteiger partial charge in [0.05, 0.1) is 0 Å². The third-order valence-electron chi connectivity index (χ3n) is 10.3. The maximum Gasteiger partial charge on any atom is 0.0158 e. The molecule has 0 nitrogen and oxygen atoms in total. The van der Waals surface area contributed by atoms with Crippen molar-refractivity contribution >= 4 is 21.5 Å². The van der Waals surface area contributed by atoms with E-state index in [1.807, 2.05) is 0 Å². The van der Waals surface area contributed by atoms with Crippen LogP contribution in [0.2, 0.25) is 0 Å². The topological polar surface area (TPSA) is 0 Å². The third kappa shape index (κ3) is 4.29. The van der Waals surface area contributed by atoms with Crippen molar-refractivity contribution in [2.45, 2.75) is 19.3 Å². The van der Waals surface area contributed by atoms with E-state index in [1.165, 1.54) is 88.3 Å². The Morgan fingerprint density at radius 1 is 0.298 bits per heavy atom. The number of fused-ring (bicyclic) bond motifs is 5. The smallest absolute Gasteiger partial charge is 0.0158 e. The molecule has 0 saturated carbocycles. The lowest BCUT2D eigenvalue weighted by atomic mass is 9.82. The van der Waals surface area contributed by atoms with Gasteiger partial charge in [0.1, 0.15) is 0 Å². The third-order valence-corrected chi connectivity index (χ3v) is 10.3. The van der Waals surface area contributed by atoms with Crippen molar-refractivity contribution in [3.05, 3.63) is 181 Å². The molecule has 47 heavy (non-hydrogen) atoms. The van der Waals surface area contributed by atoms with Crippen molar-refractivity contribution in [1.29, 1.82) is 0 Å². The van der Waals surface area contributed by atoms with Crippen LogP contribution in [0.3, 0.4) is 0 Å². The second-order valence-electron chi connectivity index (χ2n) is 13.3. The van der Waals surface area contributed by atoms with Crippen molar-refractivity contribution < 1.29 is 0 Å². The number of benzene rings is 8. The predicted octanol–water partition coefficient (Wildman–Crippen LogP) is 13.0. The van der Waals surface area contributed by atoms with E-state index in [9.17, 15) is 0 Å². The predicted molar refractivity (Wildman–Crippen MR) is 201 cm³/mol. The van der Waals surface area contributed by atoms with E-state index in [4.69, 9.17) is 0 Å². The van der Waals surface area contributed by atoms with E-state index < -0.39 is 0 Å². The van der Waals surface area contributed by atoms with Crippen LogP contribution < -0.4 is 0 Å². The van der Waals surface area contributed by atoms with Crippen molar-refractivity contribution in [2.75, 3.05) is 0 Å². The Balaban J connectivity index is 1.21. The molecule has 0 aromatic heterocycles. The standard InChI is InChI=1S/C47H34/c1-47(2)43-23-13-12-17-36(43)42-30-34(28-29-44(42)47)31-24-26-33(27-25-31)45-38-19-8-10-21-40(38)46(41-22-11-9-20-39(41)45)37-18-7-6-16-35(37)32-14-4-3-5-15-32/h3-30H,1-2H3. The van der Waals surface area contributed by atoms with Gasteiger partial charge >= 0.3 is 0 Å². The largest absolute Gasteiger partial charge is 0.0622 e. The molecule has 0 atom stereocenters. The fourth-order valence-corrected chi connectivity index (χ4v) is 8.03. The molecule has 8 aromatic carbocycles. The molecule has 0 heteroatoms. The Hall–Kier alpha value is -5.72. The Kier molecular flexibility index (Phi) is 6.27. The maximum atomic E-state index is 2.39. The monoisotopic (exact) mass is 598 g/mol. The first-order valence-corrected chi connectivity index (χ1v) is 16.5. The van der Waals surface area contributed by atoms with Gasteiger partial charge in [-0.2, -0.15) is 0 Å². The summed E-state index contributed by atoms with van der Waals surface area (Å²) in [5.41, 5.74) is 15.6. The maximum absolute atomic E-state index is 2.39. The van der Waals surface area contributed by atoms with Crippen LogP contribution in [0.5, 0.6) is 0 Å². The zero-order chi connectivity index (χ0) is 31.5. The molecular weight excluding hydrogens is 565 g/mol. The van der Waals surface area contributed by atoms with E-state index >= 15 is 0 Å². The summed E-state index contributed by atoms with van der Waals surface area (Å²) in [4.78, 5) is 0. The van der Waals surface area contributed by atoms with Crippen LogP contribution in [-0.2, 0) is 5.41 Å². The van der Waals surface area contributed by atoms with Crippen LogP contribution >= 0.6 is 0 Å². The Morgan fingerprint density at radius 2 is 0.766 bits per heavy atom. The highest BCUT2D eigenvalue weighted by Crippen LogP contribution is 2.50. The Labute approximate surface area is 276 Å². The zero-order valence-corrected chi connectivity index (χ0v) is 26.7. The molecule has 0 bridgehead atoms. The van der Waals surface area contributed by atoms with Crippen LogP contribution in [-0.4, -0.2) is 0 Å². The van der Waals surface area contributed by atoms with Gasteiger partial charge in [-0.1, -0.05) is 178 Å². The second kappa shape index (κ2) is 10.7. The van der Waals surface area contributed by atoms with Gasteiger partial charge in [-0.25, -0.2) is 0 Å². The molecule has 0 aliphatic heterocycles. The lowest BCUT2D eigenvalue weighted by Gasteiger charge is -2.21. The van der Waals surface area contributed by atoms with E-state index in [-0.39, 0.29) is 5.41 Å². The van der Waals surface area contributed by atoms with Gasteiger partial charge in [0.2, 0.25) is 0 Å². The normalized spacial score (nSPS) is 13.1. The van der Waals surface area contributed by atoms with Gasteiger partial charge in [0.15, 0.2) is 0 Å². The van der Waals surface area contributed by atoms with E-state index in [2.05, 4.69) is 184 Å². The summed E-state index contributed by atoms with van der Waals surface area (Å²) in [7, 11) is 0. The number of hydrogen-bond donors (Lipinski definition) is 0. The minimum atomic E-state index is 0.0181. The lowest BCUT2D eigenvalue weighted by Crippen LogP contribution is -2.14. The summed E-state index contributed by atoms with van der Waals surface area (Å²) in [6.45, 7) is 4.68. The minimum Gasteiger partial charge on any atom is -0.0622 e. The van der Waals surface area contributed by atoms with Gasteiger partial charge in [-0.3, -0.25) is 0 Å². The number of rotatable bonds is 4. The second-order valence-corrected chi connectivity index (χ2v) is 13.3. The average molecular weight is 599 g/mol. The van der Waals surface area contributed by atoms with Gasteiger partial charge in [0, 0.05) is 5.41 Å². The summed E-state index contributed by atoms with van der Waals surface area (Å²) in [5.74, 6) is 0. The molecule has 0 amide bonds. The molecular formula is C47H34. The van der Waals surface area contributed by atoms with Crippen molar-refractivity contribution in [2.24, 2.45) is 0 Å². The first-order chi connectivity index (χ1) is 23.1. The van der Waals surface area contributed by atoms with Crippen LogP contribution in [0.15, 0.2) is 170 Å². The summed E-state index contributed by atoms with van der Waals surface area (Å²) >= 11 is 0. The van der Waals surface area contributed by atoms with Crippen LogP contribution in [0.4, 0.5) is 0 Å². The first-order valence-electron chi connectivity index (χ1n) is 16.5. The molecule has 0 saturated heterocycles. The highest BCUT2D eigenvalue weighted by Gasteiger charge is 2.35. The molecule has 222 valence electrons. The molecule has 1 aliphatic carbocycles. The van der Waals surface area contributed by atoms with E-state index in [0.29, 0.717) is 0 Å². The van der Waals surface area contributed by atoms with Crippen molar-refractivity contribution in [3.63, 3.8) is 0 Å². The molecule has 0 unspecified atom stereocenters. The molecule has 1 aliphatic rings. The van der Waals surface area contributed by atoms with E-state index in [0.717, 1.165) is 0 Å². The minimum absolute atomic E-state index is 0.0181. The quantitative estimate of drug-likeness (QED) is 0.177. The van der Waals surface area contributed by atoms with Gasteiger partial charge < -0.3 is 0 Å². The fraction of sp³-hybridized carbons (Fsp3) is 0.0638. The summed E-state index contributed by atoms with van der Waals surface area (Å²) in [6.07, 6.45) is 0. The Bertz CT molecular complexity index is 2400. The fourth-order valence-electron chi connectivity index (χ4n) is 8.03. The molecule has 9 rings (SSSR count). The highest BCUT2D eigenvalue weighted by atomic mass is 14.4. The van der Waals surface area contributed by atoms with Gasteiger partial charge in [-0.15, -0.1) is 0 Å². The lowest BCUT2D eigenvalue weighted by molar-refractivity contribution is 0.660.